The van der Waals surface area contributed by atoms with E-state index in [4.69, 9.17) is 26.8 Å². The van der Waals surface area contributed by atoms with E-state index in [1.54, 1.807) is 117 Å². The molecule has 1 amide bonds. The molecular formula is C60H45BrClF4N5O7. The predicted molar refractivity (Wildman–Crippen MR) is 303 cm³/mol. The SMILES string of the molecule is C=CC(=O)Cl.C=CC(=O)Nc1ccc(Oc2ccc(F)cc2F)c(-c2cn(C)c(=O)c3ccccc23)c1.Cn1cc(-c2cc(N)ccc2Oc2ccc(F)cc2F)c2ccccc2c1=O.Cn1cc(Br)c2ccccc2c1=O. The maximum Gasteiger partial charge on any atom is 0.258 e. The van der Waals surface area contributed by atoms with E-state index in [9.17, 15) is 41.5 Å². The number of benzene rings is 7. The third kappa shape index (κ3) is 13.2. The van der Waals surface area contributed by atoms with Crippen LogP contribution >= 0.6 is 27.5 Å². The molecule has 0 spiro atoms. The fourth-order valence-corrected chi connectivity index (χ4v) is 8.58. The number of ether oxygens (including phenoxy) is 2. The van der Waals surface area contributed by atoms with E-state index in [1.807, 2.05) is 36.4 Å². The Morgan fingerprint density at radius 2 is 0.910 bits per heavy atom. The summed E-state index contributed by atoms with van der Waals surface area (Å²) >= 11 is 8.13. The summed E-state index contributed by atoms with van der Waals surface area (Å²) in [5.41, 5.74) is 9.09. The van der Waals surface area contributed by atoms with Crippen molar-refractivity contribution < 1.29 is 36.6 Å². The van der Waals surface area contributed by atoms with Crippen LogP contribution in [-0.2, 0) is 30.7 Å². The van der Waals surface area contributed by atoms with E-state index in [0.29, 0.717) is 55.5 Å². The van der Waals surface area contributed by atoms with Crippen LogP contribution < -0.4 is 37.2 Å². The lowest BCUT2D eigenvalue weighted by molar-refractivity contribution is -0.112. The van der Waals surface area contributed by atoms with Crippen LogP contribution in [0.5, 0.6) is 23.0 Å². The number of halogens is 6. The number of nitrogens with one attached hydrogen (secondary N) is 1. The highest BCUT2D eigenvalue weighted by molar-refractivity contribution is 9.10. The van der Waals surface area contributed by atoms with E-state index < -0.39 is 34.4 Å². The third-order valence-electron chi connectivity index (χ3n) is 11.6. The van der Waals surface area contributed by atoms with Crippen LogP contribution in [0.3, 0.4) is 0 Å². The van der Waals surface area contributed by atoms with Crippen LogP contribution in [0.2, 0.25) is 0 Å². The van der Waals surface area contributed by atoms with Gasteiger partial charge in [0.05, 0.1) is 0 Å². The van der Waals surface area contributed by atoms with Crippen LogP contribution in [0.4, 0.5) is 28.9 Å². The van der Waals surface area contributed by atoms with Gasteiger partial charge in [-0.2, -0.15) is 0 Å². The topological polar surface area (TPSA) is 157 Å². The number of fused-ring (bicyclic) bond motifs is 3. The van der Waals surface area contributed by atoms with Gasteiger partial charge in [0.15, 0.2) is 23.1 Å². The van der Waals surface area contributed by atoms with E-state index in [2.05, 4.69) is 34.4 Å². The van der Waals surface area contributed by atoms with Gasteiger partial charge in [-0.25, -0.2) is 17.6 Å². The first-order valence-corrected chi connectivity index (χ1v) is 24.4. The fraction of sp³-hybridized carbons (Fsp3) is 0.0500. The zero-order chi connectivity index (χ0) is 56.4. The number of rotatable bonds is 9. The maximum atomic E-state index is 14.3. The lowest BCUT2D eigenvalue weighted by atomic mass is 9.99. The number of nitrogens with two attached hydrogens (primary N) is 1. The number of carbonyl (C=O) groups is 2. The molecule has 394 valence electrons. The van der Waals surface area contributed by atoms with Crippen LogP contribution in [0, 0.1) is 23.3 Å². The number of allylic oxidation sites excluding steroid dienone is 1. The number of nitrogens with zero attached hydrogens (tertiary/aromatic N) is 3. The molecule has 10 aromatic rings. The minimum atomic E-state index is -0.856. The molecule has 7 aromatic carbocycles. The molecule has 18 heteroatoms. The molecule has 0 fully saturated rings. The number of nitrogen functional groups attached to an aromatic ring is 1. The molecule has 3 N–H and O–H groups in total. The zero-order valence-corrected chi connectivity index (χ0v) is 44.0. The van der Waals surface area contributed by atoms with Gasteiger partial charge in [-0.1, -0.05) is 67.8 Å². The monoisotopic (exact) mass is 1140 g/mol. The number of pyridine rings is 3. The summed E-state index contributed by atoms with van der Waals surface area (Å²) in [6, 6.07) is 37.7. The number of amides is 1. The Labute approximate surface area is 456 Å². The summed E-state index contributed by atoms with van der Waals surface area (Å²) in [5, 5.41) is 6.30. The molecule has 0 radical (unpaired) electrons. The van der Waals surface area contributed by atoms with Crippen molar-refractivity contribution >= 4 is 82.4 Å². The van der Waals surface area contributed by atoms with Gasteiger partial charge in [0.25, 0.3) is 16.7 Å². The van der Waals surface area contributed by atoms with Crippen molar-refractivity contribution in [2.75, 3.05) is 11.1 Å². The predicted octanol–water partition coefficient (Wildman–Crippen LogP) is 13.5. The average molecular weight is 1140 g/mol. The molecule has 0 saturated carbocycles. The van der Waals surface area contributed by atoms with Crippen molar-refractivity contribution in [2.24, 2.45) is 21.1 Å². The number of aryl methyl sites for hydroxylation is 3. The van der Waals surface area contributed by atoms with Crippen molar-refractivity contribution in [3.63, 3.8) is 0 Å². The first kappa shape index (κ1) is 56.4. The molecule has 0 aliphatic rings. The first-order chi connectivity index (χ1) is 37.3. The van der Waals surface area contributed by atoms with Gasteiger partial charge in [0, 0.05) is 112 Å². The second-order valence-electron chi connectivity index (χ2n) is 17.0. The van der Waals surface area contributed by atoms with E-state index >= 15 is 0 Å². The number of aromatic nitrogens is 3. The number of carbonyl (C=O) groups excluding carboxylic acids is 2. The molecule has 78 heavy (non-hydrogen) atoms. The summed E-state index contributed by atoms with van der Waals surface area (Å²) in [4.78, 5) is 57.9. The van der Waals surface area contributed by atoms with Crippen LogP contribution in [0.25, 0.3) is 54.6 Å². The van der Waals surface area contributed by atoms with Gasteiger partial charge < -0.3 is 34.2 Å². The Kier molecular flexibility index (Phi) is 18.1. The molecule has 3 heterocycles. The Bertz CT molecular complexity index is 4160. The summed E-state index contributed by atoms with van der Waals surface area (Å²) in [6.45, 7) is 6.52. The van der Waals surface area contributed by atoms with Crippen molar-refractivity contribution in [3.05, 3.63) is 248 Å². The molecule has 0 aliphatic carbocycles. The van der Waals surface area contributed by atoms with E-state index in [1.165, 1.54) is 21.3 Å². The van der Waals surface area contributed by atoms with Crippen LogP contribution in [-0.4, -0.2) is 24.9 Å². The van der Waals surface area contributed by atoms with Gasteiger partial charge in [0.1, 0.15) is 23.1 Å². The lowest BCUT2D eigenvalue weighted by Gasteiger charge is -2.16. The number of anilines is 2. The Morgan fingerprint density at radius 3 is 1.35 bits per heavy atom. The van der Waals surface area contributed by atoms with Gasteiger partial charge in [-0.3, -0.25) is 24.0 Å². The quantitative estimate of drug-likeness (QED) is 0.0626. The fourth-order valence-electron chi connectivity index (χ4n) is 7.93. The molecule has 0 atom stereocenters. The van der Waals surface area contributed by atoms with Gasteiger partial charge >= 0.3 is 0 Å². The highest BCUT2D eigenvalue weighted by Crippen LogP contribution is 2.40. The smallest absolute Gasteiger partial charge is 0.258 e. The summed E-state index contributed by atoms with van der Waals surface area (Å²) in [7, 11) is 5.03. The Morgan fingerprint density at radius 1 is 0.526 bits per heavy atom. The second-order valence-corrected chi connectivity index (χ2v) is 18.2. The van der Waals surface area contributed by atoms with E-state index in [-0.39, 0.29) is 33.9 Å². The van der Waals surface area contributed by atoms with Crippen molar-refractivity contribution in [1.29, 1.82) is 0 Å². The highest BCUT2D eigenvalue weighted by atomic mass is 79.9. The maximum absolute atomic E-state index is 14.3. The molecule has 0 bridgehead atoms. The summed E-state index contributed by atoms with van der Waals surface area (Å²) in [5.74, 6) is -3.16. The lowest BCUT2D eigenvalue weighted by Crippen LogP contribution is -2.16. The molecule has 3 aromatic heterocycles. The number of hydrogen-bond acceptors (Lipinski definition) is 8. The molecule has 0 saturated heterocycles. The Hall–Kier alpha value is -9.32. The minimum Gasteiger partial charge on any atom is -0.454 e. The molecule has 10 rings (SSSR count). The van der Waals surface area contributed by atoms with E-state index in [0.717, 1.165) is 57.0 Å². The highest BCUT2D eigenvalue weighted by Gasteiger charge is 2.19. The second kappa shape index (κ2) is 25.0. The zero-order valence-electron chi connectivity index (χ0n) is 41.7. The van der Waals surface area contributed by atoms with Crippen molar-refractivity contribution in [3.8, 4) is 45.3 Å². The molecule has 12 nitrogen and oxygen atoms in total. The third-order valence-corrected chi connectivity index (χ3v) is 12.4. The molecular weight excluding hydrogens is 1090 g/mol. The van der Waals surface area contributed by atoms with Crippen LogP contribution in [0.1, 0.15) is 0 Å². The number of hydrogen-bond donors (Lipinski definition) is 2. The van der Waals surface area contributed by atoms with Gasteiger partial charge in [0.2, 0.25) is 11.1 Å². The summed E-state index contributed by atoms with van der Waals surface area (Å²) < 4.78 is 71.8. The largest absolute Gasteiger partial charge is 0.454 e. The standard InChI is InChI=1S/C25H18F2N2O3.C22H16F2N2O2.C10H8BrNO.C3H3ClO/c1-3-24(30)28-16-9-11-22(32-23-10-8-15(26)12-21(23)27)19(13-16)20-14-29(2)25(31)18-7-5-4-6-17(18)20;1-26-12-18(15-4-2-3-5-16(15)22(26)27)17-11-14(25)7-9-20(17)28-21-8-6-13(23)10-19(21)24;1-12-6-9(11)7-4-2-3-5-8(7)10(12)13;1-2-3(4)5/h3-14H,1H2,2H3,(H,28,30);2-12H,25H2,1H3;2-6H,1H3;2H,1H2. The van der Waals surface area contributed by atoms with Crippen LogP contribution in [0.15, 0.2) is 208 Å². The van der Waals surface area contributed by atoms with Crippen molar-refractivity contribution in [2.45, 2.75) is 0 Å². The minimum absolute atomic E-state index is 0.0406. The average Bonchev–Trinajstić information content (AvgIpc) is 3.45. The molecule has 0 aliphatic heterocycles. The normalized spacial score (nSPS) is 10.5. The van der Waals surface area contributed by atoms with Crippen molar-refractivity contribution in [1.82, 2.24) is 13.7 Å². The molecule has 0 unspecified atom stereocenters. The first-order valence-electron chi connectivity index (χ1n) is 23.2. The summed E-state index contributed by atoms with van der Waals surface area (Å²) in [6.07, 6.45) is 7.30. The Balaban J connectivity index is 0.000000173. The van der Waals surface area contributed by atoms with Gasteiger partial charge in [-0.05, 0) is 129 Å². The van der Waals surface area contributed by atoms with Gasteiger partial charge in [-0.15, -0.1) is 0 Å².